The molecule has 1 aliphatic carbocycles. The van der Waals surface area contributed by atoms with Crippen molar-refractivity contribution in [3.63, 3.8) is 0 Å². The molecule has 2 rings (SSSR count). The average Bonchev–Trinajstić information content (AvgIpc) is 2.26. The van der Waals surface area contributed by atoms with Crippen molar-refractivity contribution >= 4 is 0 Å². The molecule has 1 aromatic carbocycles. The Morgan fingerprint density at radius 2 is 1.79 bits per heavy atom. The van der Waals surface area contributed by atoms with Gasteiger partial charge in [-0.2, -0.15) is 13.2 Å². The van der Waals surface area contributed by atoms with Crippen LogP contribution in [-0.4, -0.2) is 12.6 Å². The quantitative estimate of drug-likeness (QED) is 0.865. The van der Waals surface area contributed by atoms with Gasteiger partial charge in [0, 0.05) is 6.04 Å². The highest BCUT2D eigenvalue weighted by Gasteiger charge is 2.33. The van der Waals surface area contributed by atoms with Crippen molar-refractivity contribution < 1.29 is 13.2 Å². The predicted octanol–water partition coefficient (Wildman–Crippen LogP) is 4.20. The van der Waals surface area contributed by atoms with Crippen molar-refractivity contribution in [2.75, 3.05) is 6.54 Å². The Morgan fingerprint density at radius 1 is 1.16 bits per heavy atom. The van der Waals surface area contributed by atoms with Crippen molar-refractivity contribution in [3.05, 3.63) is 35.4 Å². The molecule has 1 fully saturated rings. The van der Waals surface area contributed by atoms with E-state index in [1.165, 1.54) is 12.1 Å². The summed E-state index contributed by atoms with van der Waals surface area (Å²) in [7, 11) is 0. The summed E-state index contributed by atoms with van der Waals surface area (Å²) < 4.78 is 37.5. The van der Waals surface area contributed by atoms with Gasteiger partial charge in [-0.15, -0.1) is 0 Å². The molecule has 1 aliphatic rings. The van der Waals surface area contributed by atoms with Crippen LogP contribution >= 0.6 is 0 Å². The summed E-state index contributed by atoms with van der Waals surface area (Å²) in [6.07, 6.45) is -2.00. The number of hydrogen-bond acceptors (Lipinski definition) is 1. The summed E-state index contributed by atoms with van der Waals surface area (Å²) in [5.74, 6) is 0.965. The molecule has 106 valence electrons. The molecule has 0 amide bonds. The van der Waals surface area contributed by atoms with E-state index in [2.05, 4.69) is 19.2 Å². The molecule has 0 bridgehead atoms. The standard InChI is InChI=1S/C15H20F3N/c1-10(2)19-9-12-5-8-14(12)11-3-6-13(7-4-11)15(16,17)18/h3-4,6-7,10,12,14,19H,5,8-9H2,1-2H3. The molecule has 0 radical (unpaired) electrons. The Morgan fingerprint density at radius 3 is 2.21 bits per heavy atom. The summed E-state index contributed by atoms with van der Waals surface area (Å²) >= 11 is 0. The van der Waals surface area contributed by atoms with Crippen LogP contribution in [0.4, 0.5) is 13.2 Å². The van der Waals surface area contributed by atoms with Crippen LogP contribution in [0, 0.1) is 5.92 Å². The highest BCUT2D eigenvalue weighted by molar-refractivity contribution is 5.29. The lowest BCUT2D eigenvalue weighted by atomic mass is 9.70. The van der Waals surface area contributed by atoms with E-state index < -0.39 is 11.7 Å². The van der Waals surface area contributed by atoms with Gasteiger partial charge in [-0.05, 0) is 48.9 Å². The lowest BCUT2D eigenvalue weighted by Crippen LogP contribution is -2.36. The van der Waals surface area contributed by atoms with Crippen LogP contribution < -0.4 is 5.32 Å². The van der Waals surface area contributed by atoms with Gasteiger partial charge in [0.15, 0.2) is 0 Å². The molecular weight excluding hydrogens is 251 g/mol. The van der Waals surface area contributed by atoms with E-state index in [4.69, 9.17) is 0 Å². The zero-order chi connectivity index (χ0) is 14.0. The smallest absolute Gasteiger partial charge is 0.314 e. The number of alkyl halides is 3. The summed E-state index contributed by atoms with van der Waals surface area (Å²) in [4.78, 5) is 0. The van der Waals surface area contributed by atoms with Gasteiger partial charge in [0.05, 0.1) is 5.56 Å². The molecule has 0 aromatic heterocycles. The first-order valence-electron chi connectivity index (χ1n) is 6.78. The van der Waals surface area contributed by atoms with Crippen molar-refractivity contribution in [1.82, 2.24) is 5.32 Å². The Labute approximate surface area is 112 Å². The molecule has 0 aliphatic heterocycles. The van der Waals surface area contributed by atoms with Gasteiger partial charge in [-0.1, -0.05) is 26.0 Å². The van der Waals surface area contributed by atoms with Crippen LogP contribution in [0.15, 0.2) is 24.3 Å². The molecule has 4 heteroatoms. The lowest BCUT2D eigenvalue weighted by Gasteiger charge is -2.38. The molecule has 1 saturated carbocycles. The molecule has 1 N–H and O–H groups in total. The van der Waals surface area contributed by atoms with Crippen molar-refractivity contribution in [3.8, 4) is 0 Å². The van der Waals surface area contributed by atoms with E-state index in [9.17, 15) is 13.2 Å². The number of halogens is 3. The summed E-state index contributed by atoms with van der Waals surface area (Å²) in [6.45, 7) is 5.15. The zero-order valence-electron chi connectivity index (χ0n) is 11.3. The fraction of sp³-hybridized carbons (Fsp3) is 0.600. The highest BCUT2D eigenvalue weighted by atomic mass is 19.4. The van der Waals surface area contributed by atoms with Crippen LogP contribution in [0.1, 0.15) is 43.7 Å². The maximum Gasteiger partial charge on any atom is 0.416 e. The molecule has 1 aromatic rings. The molecule has 2 atom stereocenters. The van der Waals surface area contributed by atoms with E-state index in [-0.39, 0.29) is 0 Å². The van der Waals surface area contributed by atoms with Crippen LogP contribution in [-0.2, 0) is 6.18 Å². The molecule has 19 heavy (non-hydrogen) atoms. The van der Waals surface area contributed by atoms with Crippen molar-refractivity contribution in [2.45, 2.75) is 44.8 Å². The Hall–Kier alpha value is -1.03. The monoisotopic (exact) mass is 271 g/mol. The van der Waals surface area contributed by atoms with Crippen LogP contribution in [0.5, 0.6) is 0 Å². The van der Waals surface area contributed by atoms with Gasteiger partial charge in [0.25, 0.3) is 0 Å². The zero-order valence-corrected chi connectivity index (χ0v) is 11.3. The van der Waals surface area contributed by atoms with E-state index in [0.717, 1.165) is 24.9 Å². The second-order valence-corrected chi connectivity index (χ2v) is 5.63. The van der Waals surface area contributed by atoms with E-state index >= 15 is 0 Å². The lowest BCUT2D eigenvalue weighted by molar-refractivity contribution is -0.137. The maximum atomic E-state index is 12.5. The molecule has 2 unspecified atom stereocenters. The van der Waals surface area contributed by atoms with Gasteiger partial charge in [-0.3, -0.25) is 0 Å². The first-order chi connectivity index (χ1) is 8.88. The van der Waals surface area contributed by atoms with Crippen LogP contribution in [0.3, 0.4) is 0 Å². The fourth-order valence-electron chi connectivity index (χ4n) is 2.56. The molecule has 0 saturated heterocycles. The van der Waals surface area contributed by atoms with E-state index in [1.54, 1.807) is 12.1 Å². The average molecular weight is 271 g/mol. The highest BCUT2D eigenvalue weighted by Crippen LogP contribution is 2.42. The molecular formula is C15H20F3N. The number of nitrogens with one attached hydrogen (secondary N) is 1. The maximum absolute atomic E-state index is 12.5. The molecule has 0 spiro atoms. The molecule has 0 heterocycles. The minimum atomic E-state index is -4.24. The first-order valence-corrected chi connectivity index (χ1v) is 6.78. The normalized spacial score (nSPS) is 23.5. The van der Waals surface area contributed by atoms with Crippen LogP contribution in [0.25, 0.3) is 0 Å². The van der Waals surface area contributed by atoms with Gasteiger partial charge in [0.1, 0.15) is 0 Å². The van der Waals surface area contributed by atoms with Crippen LogP contribution in [0.2, 0.25) is 0 Å². The van der Waals surface area contributed by atoms with Gasteiger partial charge in [-0.25, -0.2) is 0 Å². The Kier molecular flexibility index (Phi) is 4.19. The van der Waals surface area contributed by atoms with E-state index in [0.29, 0.717) is 17.9 Å². The third-order valence-corrected chi connectivity index (χ3v) is 3.87. The van der Waals surface area contributed by atoms with Gasteiger partial charge < -0.3 is 5.32 Å². The second-order valence-electron chi connectivity index (χ2n) is 5.63. The fourth-order valence-corrected chi connectivity index (χ4v) is 2.56. The largest absolute Gasteiger partial charge is 0.416 e. The minimum absolute atomic E-state index is 0.411. The van der Waals surface area contributed by atoms with Crippen molar-refractivity contribution in [1.29, 1.82) is 0 Å². The second kappa shape index (κ2) is 5.53. The van der Waals surface area contributed by atoms with Crippen molar-refractivity contribution in [2.24, 2.45) is 5.92 Å². The number of hydrogen-bond donors (Lipinski definition) is 1. The Bertz CT molecular complexity index is 408. The van der Waals surface area contributed by atoms with Gasteiger partial charge >= 0.3 is 6.18 Å². The summed E-state index contributed by atoms with van der Waals surface area (Å²) in [6, 6.07) is 6.11. The first kappa shape index (κ1) is 14.4. The topological polar surface area (TPSA) is 12.0 Å². The number of rotatable bonds is 4. The third kappa shape index (κ3) is 3.50. The Balaban J connectivity index is 1.99. The van der Waals surface area contributed by atoms with E-state index in [1.807, 2.05) is 0 Å². The predicted molar refractivity (Wildman–Crippen MR) is 70.0 cm³/mol. The third-order valence-electron chi connectivity index (χ3n) is 3.87. The summed E-state index contributed by atoms with van der Waals surface area (Å²) in [5.41, 5.74) is 0.474. The molecule has 1 nitrogen and oxygen atoms in total. The minimum Gasteiger partial charge on any atom is -0.314 e. The summed E-state index contributed by atoms with van der Waals surface area (Å²) in [5, 5.41) is 3.40. The SMILES string of the molecule is CC(C)NCC1CCC1c1ccc(C(F)(F)F)cc1. The number of benzene rings is 1. The van der Waals surface area contributed by atoms with Gasteiger partial charge in [0.2, 0.25) is 0 Å².